The van der Waals surface area contributed by atoms with Crippen molar-refractivity contribution in [1.29, 1.82) is 0 Å². The molecule has 0 spiro atoms. The van der Waals surface area contributed by atoms with Crippen molar-refractivity contribution in [3.8, 4) is 5.75 Å². The number of fused-ring (bicyclic) bond motifs is 1. The van der Waals surface area contributed by atoms with Crippen molar-refractivity contribution in [3.63, 3.8) is 0 Å². The number of hydrogen-bond donors (Lipinski definition) is 0. The second-order valence-corrected chi connectivity index (χ2v) is 11.0. The Kier molecular flexibility index (Phi) is 9.17. The van der Waals surface area contributed by atoms with Crippen LogP contribution in [0, 0.1) is 0 Å². The fourth-order valence-electron chi connectivity index (χ4n) is 4.55. The fourth-order valence-corrected chi connectivity index (χ4v) is 5.75. The highest BCUT2D eigenvalue weighted by Gasteiger charge is 2.21. The summed E-state index contributed by atoms with van der Waals surface area (Å²) in [7, 11) is -1.77. The Hall–Kier alpha value is -3.39. The maximum Gasteiger partial charge on any atom is 0.242 e. The minimum atomic E-state index is -3.43. The predicted octanol–water partition coefficient (Wildman–Crippen LogP) is 5.02. The van der Waals surface area contributed by atoms with E-state index in [4.69, 9.17) is 4.74 Å². The summed E-state index contributed by atoms with van der Waals surface area (Å²) in [5.41, 5.74) is 3.15. The monoisotopic (exact) mass is 517 g/mol. The van der Waals surface area contributed by atoms with Gasteiger partial charge in [0.2, 0.25) is 10.0 Å². The van der Waals surface area contributed by atoms with Crippen LogP contribution in [0.25, 0.3) is 10.9 Å². The van der Waals surface area contributed by atoms with Gasteiger partial charge in [-0.25, -0.2) is 12.4 Å². The summed E-state index contributed by atoms with van der Waals surface area (Å²) in [6.07, 6.45) is 3.23. The van der Waals surface area contributed by atoms with E-state index < -0.39 is 10.0 Å². The second kappa shape index (κ2) is 12.7. The summed E-state index contributed by atoms with van der Waals surface area (Å²) in [4.78, 5) is 4.89. The maximum absolute atomic E-state index is 12.6. The fraction of sp³-hybridized carbons (Fsp3) is 0.267. The van der Waals surface area contributed by atoms with Gasteiger partial charge < -0.3 is 4.74 Å². The first-order chi connectivity index (χ1) is 18.0. The third-order valence-electron chi connectivity index (χ3n) is 6.48. The van der Waals surface area contributed by atoms with Crippen molar-refractivity contribution in [1.82, 2.24) is 13.8 Å². The standard InChI is InChI=1S/C23H27N3O2S.C7H8O/c1-2-16-29(27,28)26-19-21(22-10-6-7-11-23(22)26)18-25-14-12-24(13-15-25)17-20-8-4-3-5-9-20;1-8-7-5-3-2-4-6-7/h2-11,19H,1,12-18H2;2-6H,1H3. The van der Waals surface area contributed by atoms with Gasteiger partial charge in [-0.2, -0.15) is 0 Å². The first-order valence-corrected chi connectivity index (χ1v) is 14.1. The van der Waals surface area contributed by atoms with Crippen LogP contribution in [-0.2, 0) is 23.1 Å². The molecule has 0 amide bonds. The van der Waals surface area contributed by atoms with E-state index >= 15 is 0 Å². The molecular formula is C30H35N3O3S. The summed E-state index contributed by atoms with van der Waals surface area (Å²) < 4.78 is 31.6. The quantitative estimate of drug-likeness (QED) is 0.307. The summed E-state index contributed by atoms with van der Waals surface area (Å²) >= 11 is 0. The van der Waals surface area contributed by atoms with Crippen LogP contribution >= 0.6 is 0 Å². The summed E-state index contributed by atoms with van der Waals surface area (Å²) in [5.74, 6) is 0.844. The van der Waals surface area contributed by atoms with Gasteiger partial charge in [0.25, 0.3) is 0 Å². The van der Waals surface area contributed by atoms with Crippen LogP contribution in [0.15, 0.2) is 104 Å². The molecule has 6 nitrogen and oxygen atoms in total. The summed E-state index contributed by atoms with van der Waals surface area (Å²) in [5, 5.41) is 1.01. The number of para-hydroxylation sites is 2. The zero-order valence-electron chi connectivity index (χ0n) is 21.4. The highest BCUT2D eigenvalue weighted by atomic mass is 32.2. The number of aromatic nitrogens is 1. The highest BCUT2D eigenvalue weighted by molar-refractivity contribution is 7.90. The molecule has 4 aromatic rings. The van der Waals surface area contributed by atoms with Crippen molar-refractivity contribution in [2.24, 2.45) is 0 Å². The molecule has 0 bridgehead atoms. The van der Waals surface area contributed by atoms with Crippen LogP contribution in [0.3, 0.4) is 0 Å². The zero-order chi connectivity index (χ0) is 26.1. The van der Waals surface area contributed by atoms with E-state index in [9.17, 15) is 8.42 Å². The van der Waals surface area contributed by atoms with Crippen LogP contribution in [0.5, 0.6) is 5.75 Å². The van der Waals surface area contributed by atoms with E-state index in [0.29, 0.717) is 0 Å². The van der Waals surface area contributed by atoms with Crippen molar-refractivity contribution >= 4 is 20.9 Å². The van der Waals surface area contributed by atoms with Gasteiger partial charge in [0, 0.05) is 50.9 Å². The molecule has 37 heavy (non-hydrogen) atoms. The molecule has 0 atom stereocenters. The lowest BCUT2D eigenvalue weighted by atomic mass is 10.1. The molecule has 1 fully saturated rings. The van der Waals surface area contributed by atoms with Crippen molar-refractivity contribution in [2.45, 2.75) is 13.1 Å². The van der Waals surface area contributed by atoms with Gasteiger partial charge in [-0.05, 0) is 29.3 Å². The predicted molar refractivity (Wildman–Crippen MR) is 151 cm³/mol. The summed E-state index contributed by atoms with van der Waals surface area (Å²) in [6, 6.07) is 28.0. The number of piperazine rings is 1. The Labute approximate surface area is 220 Å². The van der Waals surface area contributed by atoms with E-state index in [0.717, 1.165) is 61.5 Å². The zero-order valence-corrected chi connectivity index (χ0v) is 22.2. The molecule has 1 aliphatic heterocycles. The number of benzene rings is 3. The van der Waals surface area contributed by atoms with Crippen molar-refractivity contribution in [3.05, 3.63) is 115 Å². The molecule has 0 N–H and O–H groups in total. The van der Waals surface area contributed by atoms with Gasteiger partial charge in [-0.3, -0.25) is 9.80 Å². The lowest BCUT2D eigenvalue weighted by Crippen LogP contribution is -2.45. The van der Waals surface area contributed by atoms with Gasteiger partial charge in [-0.1, -0.05) is 72.8 Å². The first kappa shape index (κ1) is 26.7. The van der Waals surface area contributed by atoms with Crippen LogP contribution in [0.4, 0.5) is 0 Å². The average molecular weight is 518 g/mol. The molecule has 0 saturated carbocycles. The van der Waals surface area contributed by atoms with Crippen LogP contribution < -0.4 is 4.74 Å². The van der Waals surface area contributed by atoms with Gasteiger partial charge >= 0.3 is 0 Å². The number of rotatable bonds is 8. The van der Waals surface area contributed by atoms with Crippen molar-refractivity contribution < 1.29 is 13.2 Å². The Morgan fingerprint density at radius 2 is 1.38 bits per heavy atom. The van der Waals surface area contributed by atoms with E-state index in [1.54, 1.807) is 13.3 Å². The molecule has 1 saturated heterocycles. The molecule has 0 radical (unpaired) electrons. The third kappa shape index (κ3) is 7.10. The molecule has 0 aliphatic carbocycles. The van der Waals surface area contributed by atoms with E-state index in [1.807, 2.05) is 60.7 Å². The van der Waals surface area contributed by atoms with Gasteiger partial charge in [-0.15, -0.1) is 6.58 Å². The highest BCUT2D eigenvalue weighted by Crippen LogP contribution is 2.25. The SMILES string of the molecule is C=CCS(=O)(=O)n1cc(CN2CCN(Cc3ccccc3)CC2)c2ccccc21.COc1ccccc1. The number of hydrogen-bond acceptors (Lipinski definition) is 5. The molecule has 1 aromatic heterocycles. The van der Waals surface area contributed by atoms with Crippen molar-refractivity contribution in [2.75, 3.05) is 39.0 Å². The van der Waals surface area contributed by atoms with E-state index in [-0.39, 0.29) is 5.75 Å². The summed E-state index contributed by atoms with van der Waals surface area (Å²) in [6.45, 7) is 9.31. The topological polar surface area (TPSA) is 54.8 Å². The Balaban J connectivity index is 0.000000342. The minimum Gasteiger partial charge on any atom is -0.497 e. The molecule has 3 aromatic carbocycles. The van der Waals surface area contributed by atoms with Crippen LogP contribution in [0.1, 0.15) is 11.1 Å². The van der Waals surface area contributed by atoms with Gasteiger partial charge in [0.15, 0.2) is 0 Å². The van der Waals surface area contributed by atoms with Crippen LogP contribution in [0.2, 0.25) is 0 Å². The largest absolute Gasteiger partial charge is 0.497 e. The number of nitrogens with zero attached hydrogens (tertiary/aromatic N) is 3. The third-order valence-corrected chi connectivity index (χ3v) is 8.03. The smallest absolute Gasteiger partial charge is 0.242 e. The molecule has 1 aliphatic rings. The molecular weight excluding hydrogens is 482 g/mol. The van der Waals surface area contributed by atoms with Crippen LogP contribution in [-0.4, -0.2) is 61.2 Å². The molecule has 2 heterocycles. The molecule has 0 unspecified atom stereocenters. The Morgan fingerprint density at radius 1 is 0.811 bits per heavy atom. The minimum absolute atomic E-state index is 0.0662. The van der Waals surface area contributed by atoms with E-state index in [2.05, 4.69) is 40.6 Å². The lowest BCUT2D eigenvalue weighted by Gasteiger charge is -2.34. The second-order valence-electron chi connectivity index (χ2n) is 9.09. The maximum atomic E-state index is 12.6. The molecule has 5 rings (SSSR count). The average Bonchev–Trinajstić information content (AvgIpc) is 3.30. The Bertz CT molecular complexity index is 1380. The van der Waals surface area contributed by atoms with Gasteiger partial charge in [0.1, 0.15) is 5.75 Å². The van der Waals surface area contributed by atoms with E-state index in [1.165, 1.54) is 15.6 Å². The normalized spacial score (nSPS) is 14.6. The molecule has 7 heteroatoms. The molecule has 194 valence electrons. The lowest BCUT2D eigenvalue weighted by molar-refractivity contribution is 0.122. The van der Waals surface area contributed by atoms with Gasteiger partial charge in [0.05, 0.1) is 18.4 Å². The number of methoxy groups -OCH3 is 1. The first-order valence-electron chi connectivity index (χ1n) is 12.5. The number of ether oxygens (including phenoxy) is 1. The Morgan fingerprint density at radius 3 is 1.97 bits per heavy atom.